The van der Waals surface area contributed by atoms with Gasteiger partial charge in [0, 0.05) is 0 Å². The van der Waals surface area contributed by atoms with Crippen LogP contribution in [0.1, 0.15) is 32.1 Å². The van der Waals surface area contributed by atoms with Gasteiger partial charge in [-0.05, 0) is 32.1 Å². The minimum Gasteiger partial charge on any atom is -0.0845 e. The minimum atomic E-state index is 1.04. The highest BCUT2D eigenvalue weighted by Gasteiger charge is 1.82. The lowest BCUT2D eigenvalue weighted by Gasteiger charge is -1.91. The van der Waals surface area contributed by atoms with Gasteiger partial charge in [-0.2, -0.15) is 0 Å². The minimum absolute atomic E-state index is 1.04. The van der Waals surface area contributed by atoms with Crippen molar-refractivity contribution in [2.24, 2.45) is 0 Å². The molecule has 0 aromatic heterocycles. The first-order chi connectivity index (χ1) is 6.50. The maximum Gasteiger partial charge on any atom is -0.0163 e. The second-order valence-electron chi connectivity index (χ2n) is 3.23. The third kappa shape index (κ3) is 6.15. The van der Waals surface area contributed by atoms with Crippen LogP contribution in [0, 0.1) is 0 Å². The Balaban J connectivity index is 2.38. The highest BCUT2D eigenvalue weighted by Crippen LogP contribution is 2.02. The van der Waals surface area contributed by atoms with E-state index in [1.807, 2.05) is 0 Å². The van der Waals surface area contributed by atoms with E-state index in [9.17, 15) is 0 Å². The standard InChI is InChI=1S/C13H18/c1-2-4-6-8-10-12-13-11-9-7-5-3-1/h1-4,7,9,11,13H,5-6,8,10,12H2/b3-1+,4-2+,9-7?,13-11-. The summed E-state index contributed by atoms with van der Waals surface area (Å²) in [6.07, 6.45) is 23.5. The summed E-state index contributed by atoms with van der Waals surface area (Å²) in [6, 6.07) is 0. The summed E-state index contributed by atoms with van der Waals surface area (Å²) in [7, 11) is 0. The highest BCUT2D eigenvalue weighted by atomic mass is 13.9. The third-order valence-electron chi connectivity index (χ3n) is 2.03. The van der Waals surface area contributed by atoms with Gasteiger partial charge in [0.2, 0.25) is 0 Å². The van der Waals surface area contributed by atoms with Crippen LogP contribution in [-0.2, 0) is 0 Å². The predicted molar refractivity (Wildman–Crippen MR) is 59.6 cm³/mol. The average molecular weight is 174 g/mol. The van der Waals surface area contributed by atoms with E-state index in [2.05, 4.69) is 48.6 Å². The third-order valence-corrected chi connectivity index (χ3v) is 2.03. The molecule has 0 saturated heterocycles. The van der Waals surface area contributed by atoms with Crippen LogP contribution in [0.2, 0.25) is 0 Å². The van der Waals surface area contributed by atoms with E-state index in [-0.39, 0.29) is 0 Å². The summed E-state index contributed by atoms with van der Waals surface area (Å²) >= 11 is 0. The Labute approximate surface area is 81.4 Å². The van der Waals surface area contributed by atoms with Gasteiger partial charge in [-0.1, -0.05) is 48.6 Å². The van der Waals surface area contributed by atoms with Gasteiger partial charge in [-0.3, -0.25) is 0 Å². The molecule has 1 aliphatic carbocycles. The molecule has 0 aromatic rings. The van der Waals surface area contributed by atoms with Crippen LogP contribution < -0.4 is 0 Å². The lowest BCUT2D eigenvalue weighted by molar-refractivity contribution is 0.762. The molecule has 0 spiro atoms. The molecule has 0 saturated carbocycles. The topological polar surface area (TPSA) is 0 Å². The normalized spacial score (nSPS) is 26.5. The number of rotatable bonds is 0. The number of hydrogen-bond acceptors (Lipinski definition) is 0. The molecule has 0 atom stereocenters. The van der Waals surface area contributed by atoms with Gasteiger partial charge in [-0.15, -0.1) is 0 Å². The molecule has 13 heavy (non-hydrogen) atoms. The van der Waals surface area contributed by atoms with Gasteiger partial charge in [0.05, 0.1) is 0 Å². The fraction of sp³-hybridized carbons (Fsp3) is 0.385. The Bertz CT molecular complexity index is 192. The molecule has 0 heterocycles. The van der Waals surface area contributed by atoms with Crippen molar-refractivity contribution in [2.75, 3.05) is 0 Å². The summed E-state index contributed by atoms with van der Waals surface area (Å²) in [5, 5.41) is 0. The zero-order chi connectivity index (χ0) is 9.19. The largest absolute Gasteiger partial charge is 0.0845 e. The Kier molecular flexibility index (Phi) is 5.87. The first-order valence-corrected chi connectivity index (χ1v) is 5.13. The summed E-state index contributed by atoms with van der Waals surface area (Å²) in [4.78, 5) is 0. The van der Waals surface area contributed by atoms with Gasteiger partial charge >= 0.3 is 0 Å². The molecule has 0 nitrogen and oxygen atoms in total. The van der Waals surface area contributed by atoms with Crippen molar-refractivity contribution in [1.29, 1.82) is 0 Å². The second kappa shape index (κ2) is 7.60. The molecule has 0 fully saturated rings. The van der Waals surface area contributed by atoms with Crippen LogP contribution in [0.5, 0.6) is 0 Å². The van der Waals surface area contributed by atoms with Crippen molar-refractivity contribution in [3.63, 3.8) is 0 Å². The monoisotopic (exact) mass is 174 g/mol. The molecule has 70 valence electrons. The lowest BCUT2D eigenvalue weighted by atomic mass is 10.2. The van der Waals surface area contributed by atoms with Crippen LogP contribution in [0.4, 0.5) is 0 Å². The Morgan fingerprint density at radius 2 is 1.00 bits per heavy atom. The van der Waals surface area contributed by atoms with Crippen LogP contribution in [0.15, 0.2) is 48.6 Å². The molecule has 1 aliphatic rings. The first kappa shape index (κ1) is 10.0. The van der Waals surface area contributed by atoms with Gasteiger partial charge in [0.15, 0.2) is 0 Å². The van der Waals surface area contributed by atoms with Crippen molar-refractivity contribution in [2.45, 2.75) is 32.1 Å². The van der Waals surface area contributed by atoms with Crippen molar-refractivity contribution in [1.82, 2.24) is 0 Å². The second-order valence-corrected chi connectivity index (χ2v) is 3.23. The average Bonchev–Trinajstić information content (AvgIpc) is 2.18. The van der Waals surface area contributed by atoms with Gasteiger partial charge < -0.3 is 0 Å². The Hall–Kier alpha value is -1.04. The van der Waals surface area contributed by atoms with Crippen molar-refractivity contribution in [3.05, 3.63) is 48.6 Å². The fourth-order valence-electron chi connectivity index (χ4n) is 1.27. The van der Waals surface area contributed by atoms with E-state index in [1.54, 1.807) is 0 Å². The maximum atomic E-state index is 2.25. The van der Waals surface area contributed by atoms with E-state index in [0.717, 1.165) is 6.42 Å². The van der Waals surface area contributed by atoms with Crippen molar-refractivity contribution >= 4 is 0 Å². The maximum absolute atomic E-state index is 2.25. The molecular formula is C13H18. The summed E-state index contributed by atoms with van der Waals surface area (Å²) < 4.78 is 0. The molecule has 0 unspecified atom stereocenters. The molecule has 1 rings (SSSR count). The predicted octanol–water partition coefficient (Wildman–Crippen LogP) is 4.18. The Morgan fingerprint density at radius 3 is 1.54 bits per heavy atom. The quantitative estimate of drug-likeness (QED) is 0.517. The van der Waals surface area contributed by atoms with Crippen LogP contribution >= 0.6 is 0 Å². The Morgan fingerprint density at radius 1 is 0.538 bits per heavy atom. The molecular weight excluding hydrogens is 156 g/mol. The molecule has 0 radical (unpaired) electrons. The molecule has 0 amide bonds. The zero-order valence-corrected chi connectivity index (χ0v) is 8.15. The van der Waals surface area contributed by atoms with Gasteiger partial charge in [0.1, 0.15) is 0 Å². The zero-order valence-electron chi connectivity index (χ0n) is 8.15. The van der Waals surface area contributed by atoms with E-state index in [1.165, 1.54) is 25.7 Å². The first-order valence-electron chi connectivity index (χ1n) is 5.13. The summed E-state index contributed by atoms with van der Waals surface area (Å²) in [5.41, 5.74) is 0. The van der Waals surface area contributed by atoms with Crippen molar-refractivity contribution < 1.29 is 0 Å². The summed E-state index contributed by atoms with van der Waals surface area (Å²) in [6.45, 7) is 0. The van der Waals surface area contributed by atoms with E-state index >= 15 is 0 Å². The van der Waals surface area contributed by atoms with Crippen LogP contribution in [0.25, 0.3) is 0 Å². The molecule has 0 heteroatoms. The lowest BCUT2D eigenvalue weighted by Crippen LogP contribution is -1.71. The van der Waals surface area contributed by atoms with E-state index < -0.39 is 0 Å². The van der Waals surface area contributed by atoms with Gasteiger partial charge in [0.25, 0.3) is 0 Å². The molecule has 0 bridgehead atoms. The molecule has 0 N–H and O–H groups in total. The smallest absolute Gasteiger partial charge is 0.0163 e. The number of allylic oxidation sites excluding steroid dienone is 8. The van der Waals surface area contributed by atoms with Crippen LogP contribution in [0.3, 0.4) is 0 Å². The van der Waals surface area contributed by atoms with Gasteiger partial charge in [-0.25, -0.2) is 0 Å². The van der Waals surface area contributed by atoms with Crippen LogP contribution in [-0.4, -0.2) is 0 Å². The highest BCUT2D eigenvalue weighted by molar-refractivity contribution is 5.08. The number of hydrogen-bond donors (Lipinski definition) is 0. The SMILES string of the molecule is C1=CC/C=C/C=C/CCCC/C=C\1. The summed E-state index contributed by atoms with van der Waals surface area (Å²) in [5.74, 6) is 0. The van der Waals surface area contributed by atoms with E-state index in [0.29, 0.717) is 0 Å². The fourth-order valence-corrected chi connectivity index (χ4v) is 1.27. The van der Waals surface area contributed by atoms with Crippen molar-refractivity contribution in [3.8, 4) is 0 Å². The molecule has 0 aliphatic heterocycles. The molecule has 0 aromatic carbocycles. The van der Waals surface area contributed by atoms with E-state index in [4.69, 9.17) is 0 Å².